The topological polar surface area (TPSA) is 57.0 Å². The fourth-order valence-electron chi connectivity index (χ4n) is 2.39. The van der Waals surface area contributed by atoms with Gasteiger partial charge in [-0.15, -0.1) is 5.10 Å². The Hall–Kier alpha value is -2.69. The highest BCUT2D eigenvalue weighted by Gasteiger charge is 2.14. The summed E-state index contributed by atoms with van der Waals surface area (Å²) in [4.78, 5) is 12.2. The van der Waals surface area contributed by atoms with Crippen molar-refractivity contribution >= 4 is 17.0 Å². The Kier molecular flexibility index (Phi) is 3.63. The van der Waals surface area contributed by atoms with Gasteiger partial charge in [-0.1, -0.05) is 29.5 Å². The van der Waals surface area contributed by atoms with Crippen molar-refractivity contribution in [2.75, 3.05) is 0 Å². The highest BCUT2D eigenvalue weighted by molar-refractivity contribution is 5.78. The number of fused-ring (bicyclic) bond motifs is 1. The zero-order chi connectivity index (χ0) is 15.7. The first kappa shape index (κ1) is 14.3. The summed E-state index contributed by atoms with van der Waals surface area (Å²) in [5, 5.41) is 8.04. The Morgan fingerprint density at radius 2 is 1.82 bits per heavy atom. The molecule has 0 saturated heterocycles. The molecule has 0 atom stereocenters. The van der Waals surface area contributed by atoms with E-state index >= 15 is 0 Å². The maximum absolute atomic E-state index is 12.2. The van der Waals surface area contributed by atoms with Gasteiger partial charge in [0.25, 0.3) is 0 Å². The van der Waals surface area contributed by atoms with Crippen LogP contribution in [0.25, 0.3) is 11.0 Å². The van der Waals surface area contributed by atoms with Crippen LogP contribution in [-0.2, 0) is 11.3 Å². The number of ether oxygens (including phenoxy) is 1. The molecule has 5 heteroatoms. The Bertz CT molecular complexity index is 852. The Labute approximate surface area is 128 Å². The highest BCUT2D eigenvalue weighted by atomic mass is 16.5. The summed E-state index contributed by atoms with van der Waals surface area (Å²) in [7, 11) is 0. The van der Waals surface area contributed by atoms with E-state index in [0.717, 1.165) is 27.7 Å². The number of benzene rings is 2. The van der Waals surface area contributed by atoms with E-state index in [1.54, 1.807) is 4.68 Å². The van der Waals surface area contributed by atoms with Gasteiger partial charge in [0.05, 0.1) is 5.52 Å². The number of rotatable bonds is 3. The van der Waals surface area contributed by atoms with E-state index in [1.807, 2.05) is 57.2 Å². The zero-order valence-electron chi connectivity index (χ0n) is 12.8. The van der Waals surface area contributed by atoms with Crippen LogP contribution < -0.4 is 4.74 Å². The van der Waals surface area contributed by atoms with E-state index in [-0.39, 0.29) is 12.5 Å². The first-order valence-corrected chi connectivity index (χ1v) is 7.12. The van der Waals surface area contributed by atoms with Gasteiger partial charge in [-0.3, -0.25) is 0 Å². The predicted molar refractivity (Wildman–Crippen MR) is 83.8 cm³/mol. The van der Waals surface area contributed by atoms with E-state index in [9.17, 15) is 4.79 Å². The normalized spacial score (nSPS) is 10.9. The van der Waals surface area contributed by atoms with Gasteiger partial charge in [-0.2, -0.15) is 0 Å². The standard InChI is InChI=1S/C17H17N3O2/c1-11-8-9-12(2)17(13(11)3)22-16(21)10-20-15-7-5-4-6-14(15)18-19-20/h4-9H,10H2,1-3H3. The Morgan fingerprint density at radius 1 is 1.09 bits per heavy atom. The van der Waals surface area contributed by atoms with Gasteiger partial charge in [0.15, 0.2) is 0 Å². The monoisotopic (exact) mass is 295 g/mol. The maximum Gasteiger partial charge on any atom is 0.333 e. The van der Waals surface area contributed by atoms with Crippen molar-refractivity contribution < 1.29 is 9.53 Å². The van der Waals surface area contributed by atoms with Gasteiger partial charge < -0.3 is 4.74 Å². The third-order valence-corrected chi connectivity index (χ3v) is 3.79. The quantitative estimate of drug-likeness (QED) is 0.550. The summed E-state index contributed by atoms with van der Waals surface area (Å²) in [6.07, 6.45) is 0. The average Bonchev–Trinajstić information content (AvgIpc) is 2.91. The van der Waals surface area contributed by atoms with Gasteiger partial charge in [0.2, 0.25) is 0 Å². The summed E-state index contributed by atoms with van der Waals surface area (Å²) in [6, 6.07) is 11.5. The van der Waals surface area contributed by atoms with Crippen LogP contribution in [0.1, 0.15) is 16.7 Å². The number of esters is 1. The number of aromatic nitrogens is 3. The maximum atomic E-state index is 12.2. The van der Waals surface area contributed by atoms with Crippen LogP contribution in [0.5, 0.6) is 5.75 Å². The molecule has 0 amide bonds. The van der Waals surface area contributed by atoms with Crippen molar-refractivity contribution in [1.82, 2.24) is 15.0 Å². The van der Waals surface area contributed by atoms with E-state index in [0.29, 0.717) is 5.75 Å². The molecule has 22 heavy (non-hydrogen) atoms. The fourth-order valence-corrected chi connectivity index (χ4v) is 2.39. The SMILES string of the molecule is Cc1ccc(C)c(OC(=O)Cn2nnc3ccccc32)c1C. The number of nitrogens with zero attached hydrogens (tertiary/aromatic N) is 3. The van der Waals surface area contributed by atoms with Crippen molar-refractivity contribution in [3.05, 3.63) is 53.1 Å². The van der Waals surface area contributed by atoms with E-state index < -0.39 is 0 Å². The van der Waals surface area contributed by atoms with Crippen molar-refractivity contribution in [3.8, 4) is 5.75 Å². The van der Waals surface area contributed by atoms with E-state index in [1.165, 1.54) is 0 Å². The molecule has 0 fully saturated rings. The molecule has 1 heterocycles. The summed E-state index contributed by atoms with van der Waals surface area (Å²) < 4.78 is 7.11. The lowest BCUT2D eigenvalue weighted by molar-refractivity contribution is -0.135. The lowest BCUT2D eigenvalue weighted by Crippen LogP contribution is -2.18. The molecule has 0 aliphatic rings. The molecule has 2 aromatic carbocycles. The Balaban J connectivity index is 1.83. The lowest BCUT2D eigenvalue weighted by Gasteiger charge is -2.12. The molecule has 0 bridgehead atoms. The molecule has 1 aromatic heterocycles. The van der Waals surface area contributed by atoms with Crippen LogP contribution in [0.15, 0.2) is 36.4 Å². The third-order valence-electron chi connectivity index (χ3n) is 3.79. The second kappa shape index (κ2) is 5.60. The van der Waals surface area contributed by atoms with Crippen LogP contribution in [0.4, 0.5) is 0 Å². The molecule has 3 aromatic rings. The number of hydrogen-bond donors (Lipinski definition) is 0. The number of para-hydroxylation sites is 1. The fraction of sp³-hybridized carbons (Fsp3) is 0.235. The molecule has 0 radical (unpaired) electrons. The first-order chi connectivity index (χ1) is 10.6. The van der Waals surface area contributed by atoms with Crippen LogP contribution in [0.3, 0.4) is 0 Å². The Morgan fingerprint density at radius 3 is 2.64 bits per heavy atom. The number of hydrogen-bond acceptors (Lipinski definition) is 4. The van der Waals surface area contributed by atoms with Crippen LogP contribution >= 0.6 is 0 Å². The first-order valence-electron chi connectivity index (χ1n) is 7.12. The van der Waals surface area contributed by atoms with Crippen LogP contribution in [0.2, 0.25) is 0 Å². The summed E-state index contributed by atoms with van der Waals surface area (Å²) in [6.45, 7) is 5.92. The third kappa shape index (κ3) is 2.57. The molecule has 0 aliphatic carbocycles. The number of aryl methyl sites for hydroxylation is 2. The molecule has 0 saturated carbocycles. The minimum Gasteiger partial charge on any atom is -0.425 e. The molecular weight excluding hydrogens is 278 g/mol. The molecule has 112 valence electrons. The molecule has 0 unspecified atom stereocenters. The highest BCUT2D eigenvalue weighted by Crippen LogP contribution is 2.26. The molecular formula is C17H17N3O2. The average molecular weight is 295 g/mol. The molecule has 0 aliphatic heterocycles. The molecule has 0 N–H and O–H groups in total. The van der Waals surface area contributed by atoms with Gasteiger partial charge in [0, 0.05) is 0 Å². The molecule has 5 nitrogen and oxygen atoms in total. The van der Waals surface area contributed by atoms with Gasteiger partial charge >= 0.3 is 5.97 Å². The van der Waals surface area contributed by atoms with Crippen molar-refractivity contribution in [3.63, 3.8) is 0 Å². The smallest absolute Gasteiger partial charge is 0.333 e. The number of carbonyl (C=O) groups is 1. The number of carbonyl (C=O) groups excluding carboxylic acids is 1. The minimum atomic E-state index is -0.354. The lowest BCUT2D eigenvalue weighted by atomic mass is 10.1. The molecule has 0 spiro atoms. The zero-order valence-corrected chi connectivity index (χ0v) is 12.8. The predicted octanol–water partition coefficient (Wildman–Crippen LogP) is 2.96. The minimum absolute atomic E-state index is 0.0351. The van der Waals surface area contributed by atoms with Crippen LogP contribution in [0, 0.1) is 20.8 Å². The molecule has 3 rings (SSSR count). The van der Waals surface area contributed by atoms with E-state index in [2.05, 4.69) is 10.3 Å². The summed E-state index contributed by atoms with van der Waals surface area (Å²) >= 11 is 0. The van der Waals surface area contributed by atoms with E-state index in [4.69, 9.17) is 4.74 Å². The van der Waals surface area contributed by atoms with Gasteiger partial charge in [-0.25, -0.2) is 9.48 Å². The largest absolute Gasteiger partial charge is 0.425 e. The van der Waals surface area contributed by atoms with Crippen molar-refractivity contribution in [1.29, 1.82) is 0 Å². The summed E-state index contributed by atoms with van der Waals surface area (Å²) in [5.74, 6) is 0.280. The summed E-state index contributed by atoms with van der Waals surface area (Å²) in [5.41, 5.74) is 4.60. The second-order valence-electron chi connectivity index (χ2n) is 5.36. The van der Waals surface area contributed by atoms with Gasteiger partial charge in [0.1, 0.15) is 17.8 Å². The van der Waals surface area contributed by atoms with Crippen LogP contribution in [-0.4, -0.2) is 21.0 Å². The van der Waals surface area contributed by atoms with Gasteiger partial charge in [-0.05, 0) is 49.6 Å². The second-order valence-corrected chi connectivity index (χ2v) is 5.36. The van der Waals surface area contributed by atoms with Crippen molar-refractivity contribution in [2.24, 2.45) is 0 Å². The van der Waals surface area contributed by atoms with Crippen molar-refractivity contribution in [2.45, 2.75) is 27.3 Å².